The number of furan rings is 1. The number of aliphatic hydroxyl groups is 1. The lowest BCUT2D eigenvalue weighted by atomic mass is 9.96. The SMILES string of the molecule is Cc1ccc2oc(C3=CC(O)CCC3)cc2c1. The lowest BCUT2D eigenvalue weighted by Gasteiger charge is -2.14. The quantitative estimate of drug-likeness (QED) is 0.807. The molecule has 2 heteroatoms. The van der Waals surface area contributed by atoms with E-state index in [1.807, 2.05) is 12.1 Å². The van der Waals surface area contributed by atoms with Gasteiger partial charge in [-0.25, -0.2) is 0 Å². The maximum absolute atomic E-state index is 9.64. The maximum atomic E-state index is 9.64. The molecule has 3 rings (SSSR count). The molecular weight excluding hydrogens is 212 g/mol. The fraction of sp³-hybridized carbons (Fsp3) is 0.333. The van der Waals surface area contributed by atoms with E-state index in [9.17, 15) is 5.11 Å². The highest BCUT2D eigenvalue weighted by molar-refractivity contribution is 5.82. The van der Waals surface area contributed by atoms with E-state index in [-0.39, 0.29) is 6.10 Å². The average Bonchev–Trinajstić information content (AvgIpc) is 2.72. The molecule has 1 aliphatic rings. The number of rotatable bonds is 1. The number of fused-ring (bicyclic) bond motifs is 1. The number of aryl methyl sites for hydroxylation is 1. The van der Waals surface area contributed by atoms with Gasteiger partial charge in [0.05, 0.1) is 6.10 Å². The van der Waals surface area contributed by atoms with E-state index >= 15 is 0 Å². The Labute approximate surface area is 101 Å². The second kappa shape index (κ2) is 4.04. The van der Waals surface area contributed by atoms with Crippen molar-refractivity contribution in [3.63, 3.8) is 0 Å². The topological polar surface area (TPSA) is 33.4 Å². The Bertz CT molecular complexity index is 578. The second-order valence-electron chi connectivity index (χ2n) is 4.80. The summed E-state index contributed by atoms with van der Waals surface area (Å²) in [7, 11) is 0. The van der Waals surface area contributed by atoms with Crippen molar-refractivity contribution < 1.29 is 9.52 Å². The first-order valence-electron chi connectivity index (χ1n) is 6.12. The summed E-state index contributed by atoms with van der Waals surface area (Å²) in [5, 5.41) is 10.8. The molecule has 1 heterocycles. The third-order valence-corrected chi connectivity index (χ3v) is 3.33. The Balaban J connectivity index is 2.06. The van der Waals surface area contributed by atoms with E-state index in [4.69, 9.17) is 4.42 Å². The van der Waals surface area contributed by atoms with Crippen LogP contribution in [-0.2, 0) is 0 Å². The predicted molar refractivity (Wildman–Crippen MR) is 68.8 cm³/mol. The van der Waals surface area contributed by atoms with Crippen molar-refractivity contribution in [2.45, 2.75) is 32.3 Å². The highest BCUT2D eigenvalue weighted by atomic mass is 16.3. The summed E-state index contributed by atoms with van der Waals surface area (Å²) in [6.07, 6.45) is 4.50. The summed E-state index contributed by atoms with van der Waals surface area (Å²) < 4.78 is 5.83. The summed E-state index contributed by atoms with van der Waals surface area (Å²) in [5.41, 5.74) is 3.30. The minimum atomic E-state index is -0.311. The van der Waals surface area contributed by atoms with Crippen LogP contribution in [0.1, 0.15) is 30.6 Å². The van der Waals surface area contributed by atoms with Gasteiger partial charge in [0.1, 0.15) is 11.3 Å². The van der Waals surface area contributed by atoms with Crippen molar-refractivity contribution in [2.75, 3.05) is 0 Å². The Morgan fingerprint density at radius 3 is 3.00 bits per heavy atom. The molecule has 0 saturated carbocycles. The van der Waals surface area contributed by atoms with Crippen LogP contribution in [-0.4, -0.2) is 11.2 Å². The van der Waals surface area contributed by atoms with E-state index in [0.29, 0.717) is 0 Å². The van der Waals surface area contributed by atoms with Crippen LogP contribution < -0.4 is 0 Å². The third-order valence-electron chi connectivity index (χ3n) is 3.33. The van der Waals surface area contributed by atoms with Crippen molar-refractivity contribution >= 4 is 16.5 Å². The number of benzene rings is 1. The van der Waals surface area contributed by atoms with E-state index in [1.54, 1.807) is 0 Å². The van der Waals surface area contributed by atoms with Gasteiger partial charge in [-0.05, 0) is 56.0 Å². The molecule has 1 unspecified atom stereocenters. The van der Waals surface area contributed by atoms with Gasteiger partial charge in [-0.3, -0.25) is 0 Å². The van der Waals surface area contributed by atoms with Crippen LogP contribution in [0.3, 0.4) is 0 Å². The molecule has 0 amide bonds. The molecule has 0 radical (unpaired) electrons. The Morgan fingerprint density at radius 2 is 2.18 bits per heavy atom. The Kier molecular flexibility index (Phi) is 2.52. The van der Waals surface area contributed by atoms with Crippen molar-refractivity contribution in [1.82, 2.24) is 0 Å². The summed E-state index contributed by atoms with van der Waals surface area (Å²) >= 11 is 0. The first-order valence-corrected chi connectivity index (χ1v) is 6.12. The highest BCUT2D eigenvalue weighted by Gasteiger charge is 2.15. The standard InChI is InChI=1S/C15H16O2/c1-10-5-6-14-12(7-10)9-15(17-14)11-3-2-4-13(16)8-11/h5-9,13,16H,2-4H2,1H3. The van der Waals surface area contributed by atoms with E-state index in [2.05, 4.69) is 25.1 Å². The molecule has 1 atom stereocenters. The van der Waals surface area contributed by atoms with Crippen LogP contribution >= 0.6 is 0 Å². The summed E-state index contributed by atoms with van der Waals surface area (Å²) in [6, 6.07) is 8.27. The molecule has 1 aromatic carbocycles. The van der Waals surface area contributed by atoms with Gasteiger partial charge in [0.15, 0.2) is 0 Å². The van der Waals surface area contributed by atoms with Gasteiger partial charge in [-0.2, -0.15) is 0 Å². The smallest absolute Gasteiger partial charge is 0.134 e. The lowest BCUT2D eigenvalue weighted by molar-refractivity contribution is 0.205. The fourth-order valence-corrected chi connectivity index (χ4v) is 2.43. The van der Waals surface area contributed by atoms with Gasteiger partial charge in [0.2, 0.25) is 0 Å². The second-order valence-corrected chi connectivity index (χ2v) is 4.80. The van der Waals surface area contributed by atoms with Crippen molar-refractivity contribution in [3.05, 3.63) is 41.7 Å². The number of hydrogen-bond acceptors (Lipinski definition) is 2. The number of allylic oxidation sites excluding steroid dienone is 1. The minimum absolute atomic E-state index is 0.311. The van der Waals surface area contributed by atoms with E-state index in [0.717, 1.165) is 41.6 Å². The monoisotopic (exact) mass is 228 g/mol. The Hall–Kier alpha value is -1.54. The van der Waals surface area contributed by atoms with Crippen LogP contribution in [0.25, 0.3) is 16.5 Å². The first kappa shape index (κ1) is 10.6. The van der Waals surface area contributed by atoms with Crippen LogP contribution in [0.2, 0.25) is 0 Å². The van der Waals surface area contributed by atoms with Crippen molar-refractivity contribution in [2.24, 2.45) is 0 Å². The van der Waals surface area contributed by atoms with Crippen molar-refractivity contribution in [3.8, 4) is 0 Å². The molecule has 1 N–H and O–H groups in total. The molecule has 0 spiro atoms. The molecule has 0 saturated heterocycles. The summed E-state index contributed by atoms with van der Waals surface area (Å²) in [6.45, 7) is 2.08. The molecule has 1 aromatic heterocycles. The normalized spacial score (nSPS) is 20.6. The zero-order chi connectivity index (χ0) is 11.8. The molecule has 0 fully saturated rings. The van der Waals surface area contributed by atoms with Gasteiger partial charge in [-0.1, -0.05) is 11.6 Å². The van der Waals surface area contributed by atoms with E-state index < -0.39 is 0 Å². The Morgan fingerprint density at radius 1 is 1.29 bits per heavy atom. The van der Waals surface area contributed by atoms with Gasteiger partial charge in [0, 0.05) is 5.39 Å². The number of hydrogen-bond donors (Lipinski definition) is 1. The van der Waals surface area contributed by atoms with E-state index in [1.165, 1.54) is 5.56 Å². The van der Waals surface area contributed by atoms with Crippen LogP contribution in [0.15, 0.2) is 34.8 Å². The van der Waals surface area contributed by atoms with Gasteiger partial charge in [-0.15, -0.1) is 0 Å². The van der Waals surface area contributed by atoms with Crippen molar-refractivity contribution in [1.29, 1.82) is 0 Å². The molecule has 88 valence electrons. The molecule has 0 aliphatic heterocycles. The average molecular weight is 228 g/mol. The van der Waals surface area contributed by atoms with Crippen LogP contribution in [0, 0.1) is 6.92 Å². The lowest BCUT2D eigenvalue weighted by Crippen LogP contribution is -2.07. The number of aliphatic hydroxyl groups excluding tert-OH is 1. The third kappa shape index (κ3) is 2.01. The first-order chi connectivity index (χ1) is 8.22. The van der Waals surface area contributed by atoms with Gasteiger partial charge >= 0.3 is 0 Å². The molecular formula is C15H16O2. The minimum Gasteiger partial charge on any atom is -0.456 e. The molecule has 0 bridgehead atoms. The zero-order valence-electron chi connectivity index (χ0n) is 9.94. The van der Waals surface area contributed by atoms with Crippen LogP contribution in [0.4, 0.5) is 0 Å². The van der Waals surface area contributed by atoms with Gasteiger partial charge in [0.25, 0.3) is 0 Å². The largest absolute Gasteiger partial charge is 0.456 e. The molecule has 1 aliphatic carbocycles. The molecule has 17 heavy (non-hydrogen) atoms. The fourth-order valence-electron chi connectivity index (χ4n) is 2.43. The molecule has 2 nitrogen and oxygen atoms in total. The maximum Gasteiger partial charge on any atom is 0.134 e. The zero-order valence-corrected chi connectivity index (χ0v) is 9.94. The van der Waals surface area contributed by atoms with Gasteiger partial charge < -0.3 is 9.52 Å². The highest BCUT2D eigenvalue weighted by Crippen LogP contribution is 2.31. The summed E-state index contributed by atoms with van der Waals surface area (Å²) in [5.74, 6) is 0.907. The molecule has 2 aromatic rings. The summed E-state index contributed by atoms with van der Waals surface area (Å²) in [4.78, 5) is 0. The van der Waals surface area contributed by atoms with Crippen LogP contribution in [0.5, 0.6) is 0 Å². The predicted octanol–water partition coefficient (Wildman–Crippen LogP) is 3.67.